The molecule has 40 heavy (non-hydrogen) atoms. The molecule has 0 radical (unpaired) electrons. The summed E-state index contributed by atoms with van der Waals surface area (Å²) >= 11 is 0. The van der Waals surface area contributed by atoms with Crippen molar-refractivity contribution in [2.45, 2.75) is 37.5 Å². The normalized spacial score (nSPS) is 13.0. The Kier molecular flexibility index (Phi) is 9.96. The number of nitrogens with zero attached hydrogens (tertiary/aromatic N) is 2. The van der Waals surface area contributed by atoms with E-state index in [1.807, 2.05) is 0 Å². The number of carbonyl (C=O) groups excluding carboxylic acids is 3. The van der Waals surface area contributed by atoms with E-state index in [1.54, 1.807) is 0 Å². The maximum Gasteiger partial charge on any atom is 0.326 e. The first-order chi connectivity index (χ1) is 19.0. The topological polar surface area (TPSA) is 242 Å². The molecule has 0 aliphatic heterocycles. The Morgan fingerprint density at radius 1 is 1.00 bits per heavy atom. The predicted octanol–water partition coefficient (Wildman–Crippen LogP) is -2.03. The number of phenolic OH excluding ortho intramolecular Hbond substituents is 1. The summed E-state index contributed by atoms with van der Waals surface area (Å²) in [6, 6.07) is 3.29. The molecule has 0 aliphatic rings. The number of amides is 3. The van der Waals surface area contributed by atoms with E-state index in [2.05, 4.69) is 25.9 Å². The molecule has 15 heteroatoms. The number of aromatic hydroxyl groups is 2. The van der Waals surface area contributed by atoms with Crippen LogP contribution in [0, 0.1) is 0 Å². The molecule has 212 valence electrons. The van der Waals surface area contributed by atoms with Gasteiger partial charge in [0.15, 0.2) is 5.75 Å². The zero-order valence-corrected chi connectivity index (χ0v) is 21.1. The zero-order chi connectivity index (χ0) is 29.2. The van der Waals surface area contributed by atoms with Crippen LogP contribution in [0.1, 0.15) is 11.3 Å². The second kappa shape index (κ2) is 13.6. The number of nitrogens with two attached hydrogens (primary N) is 1. The summed E-state index contributed by atoms with van der Waals surface area (Å²) in [5.41, 5.74) is 6.43. The number of carbonyl (C=O) groups is 4. The highest BCUT2D eigenvalue weighted by atomic mass is 16.4. The monoisotopic (exact) mass is 555 g/mol. The average Bonchev–Trinajstić information content (AvgIpc) is 3.43. The van der Waals surface area contributed by atoms with Crippen LogP contribution in [0.5, 0.6) is 11.5 Å². The number of aliphatic carboxylic acids is 1. The van der Waals surface area contributed by atoms with Crippen molar-refractivity contribution in [2.75, 3.05) is 6.54 Å². The van der Waals surface area contributed by atoms with Crippen LogP contribution in [0.15, 0.2) is 60.0 Å². The molecule has 0 aliphatic carbocycles. The highest BCUT2D eigenvalue weighted by molar-refractivity contribution is 5.92. The lowest BCUT2D eigenvalue weighted by Gasteiger charge is -2.21. The summed E-state index contributed by atoms with van der Waals surface area (Å²) in [6.07, 6.45) is 5.21. The van der Waals surface area contributed by atoms with E-state index in [9.17, 15) is 39.3 Å². The minimum Gasteiger partial charge on any atom is -0.508 e. The molecule has 0 unspecified atom stereocenters. The largest absolute Gasteiger partial charge is 0.508 e. The lowest BCUT2D eigenvalue weighted by atomic mass is 10.1. The summed E-state index contributed by atoms with van der Waals surface area (Å²) in [7, 11) is 0. The van der Waals surface area contributed by atoms with Gasteiger partial charge in [0.1, 0.15) is 23.9 Å². The fraction of sp³-hybridized carbons (Fsp3) is 0.280. The summed E-state index contributed by atoms with van der Waals surface area (Å²) in [4.78, 5) is 67.8. The first-order valence-corrected chi connectivity index (χ1v) is 12.0. The Bertz CT molecular complexity index is 1390. The highest BCUT2D eigenvalue weighted by Gasteiger charge is 2.26. The molecule has 3 amide bonds. The Morgan fingerprint density at radius 2 is 1.73 bits per heavy atom. The van der Waals surface area contributed by atoms with Crippen molar-refractivity contribution in [3.8, 4) is 11.5 Å². The highest BCUT2D eigenvalue weighted by Crippen LogP contribution is 2.11. The lowest BCUT2D eigenvalue weighted by molar-refractivity contribution is -0.141. The van der Waals surface area contributed by atoms with Crippen molar-refractivity contribution in [1.29, 1.82) is 0 Å². The molecule has 0 spiro atoms. The number of hydrogen-bond donors (Lipinski definition) is 8. The molecule has 2 heterocycles. The van der Waals surface area contributed by atoms with E-state index >= 15 is 0 Å². The van der Waals surface area contributed by atoms with Crippen molar-refractivity contribution >= 4 is 23.7 Å². The molecule has 3 rings (SSSR count). The van der Waals surface area contributed by atoms with Crippen LogP contribution in [0.25, 0.3) is 0 Å². The van der Waals surface area contributed by atoms with E-state index in [4.69, 9.17) is 5.73 Å². The van der Waals surface area contributed by atoms with Gasteiger partial charge < -0.3 is 46.6 Å². The van der Waals surface area contributed by atoms with Gasteiger partial charge >= 0.3 is 5.97 Å². The maximum absolute atomic E-state index is 12.9. The smallest absolute Gasteiger partial charge is 0.326 e. The Hall–Kier alpha value is -5.18. The van der Waals surface area contributed by atoms with Crippen LogP contribution in [0.4, 0.5) is 0 Å². The van der Waals surface area contributed by atoms with Gasteiger partial charge in [-0.25, -0.2) is 9.78 Å². The minimum atomic E-state index is -1.29. The van der Waals surface area contributed by atoms with Gasteiger partial charge in [-0.3, -0.25) is 19.2 Å². The number of H-pyrrole nitrogens is 1. The number of hydrogen-bond acceptors (Lipinski definition) is 9. The van der Waals surface area contributed by atoms with Gasteiger partial charge in [0.2, 0.25) is 23.2 Å². The van der Waals surface area contributed by atoms with Gasteiger partial charge in [0.25, 0.3) is 0 Å². The lowest BCUT2D eigenvalue weighted by Crippen LogP contribution is -2.55. The quantitative estimate of drug-likeness (QED) is 0.115. The number of imidazole rings is 1. The van der Waals surface area contributed by atoms with Gasteiger partial charge in [-0.05, 0) is 17.7 Å². The molecule has 1 aromatic carbocycles. The third-order valence-electron chi connectivity index (χ3n) is 5.75. The number of aromatic amines is 1. The fourth-order valence-corrected chi connectivity index (χ4v) is 3.64. The zero-order valence-electron chi connectivity index (χ0n) is 21.1. The molecule has 15 nitrogen and oxygen atoms in total. The summed E-state index contributed by atoms with van der Waals surface area (Å²) < 4.78 is 1.34. The number of carboxylic acids is 1. The minimum absolute atomic E-state index is 0.0102. The molecule has 3 aromatic rings. The Morgan fingerprint density at radius 3 is 2.35 bits per heavy atom. The molecule has 9 N–H and O–H groups in total. The maximum atomic E-state index is 12.9. The average molecular weight is 556 g/mol. The standard InChI is InChI=1S/C25H29N7O8/c26-17(11-32-6-5-20(34)21(35)12-32)23(37)31-18(8-15-9-27-13-29-15)24(38)28-10-22(36)30-19(25(39)40)7-14-1-3-16(33)4-2-14/h1-6,9,12-13,17-19,33,35H,7-8,10-11,26H2,(H,27,29)(H,28,38)(H,30,36)(H,31,37)(H,39,40)/t17-,18-,19-/m0/s1. The summed E-state index contributed by atoms with van der Waals surface area (Å²) in [5.74, 6) is -4.03. The number of nitrogens with one attached hydrogen (secondary N) is 4. The van der Waals surface area contributed by atoms with E-state index < -0.39 is 59.5 Å². The van der Waals surface area contributed by atoms with Crippen LogP contribution < -0.4 is 27.1 Å². The van der Waals surface area contributed by atoms with Crippen LogP contribution in [-0.2, 0) is 38.6 Å². The number of aromatic nitrogens is 3. The summed E-state index contributed by atoms with van der Waals surface area (Å²) in [5, 5.41) is 35.7. The molecule has 0 saturated heterocycles. The van der Waals surface area contributed by atoms with E-state index in [-0.39, 0.29) is 25.1 Å². The second-order valence-corrected chi connectivity index (χ2v) is 8.89. The Balaban J connectivity index is 1.60. The first-order valence-electron chi connectivity index (χ1n) is 12.0. The van der Waals surface area contributed by atoms with Crippen LogP contribution in [0.3, 0.4) is 0 Å². The molecule has 3 atom stereocenters. The number of phenols is 1. The molecule has 0 saturated carbocycles. The van der Waals surface area contributed by atoms with Crippen molar-refractivity contribution in [3.63, 3.8) is 0 Å². The van der Waals surface area contributed by atoms with Crippen LogP contribution >= 0.6 is 0 Å². The third-order valence-corrected chi connectivity index (χ3v) is 5.75. The second-order valence-electron chi connectivity index (χ2n) is 8.89. The number of carboxylic acid groups (broad SMARTS) is 1. The first kappa shape index (κ1) is 29.4. The van der Waals surface area contributed by atoms with Crippen molar-refractivity contribution in [1.82, 2.24) is 30.5 Å². The fourth-order valence-electron chi connectivity index (χ4n) is 3.64. The van der Waals surface area contributed by atoms with Gasteiger partial charge in [0.05, 0.1) is 12.9 Å². The van der Waals surface area contributed by atoms with Crippen LogP contribution in [-0.4, -0.2) is 78.2 Å². The van der Waals surface area contributed by atoms with Crippen molar-refractivity contribution in [2.24, 2.45) is 5.73 Å². The number of benzene rings is 1. The third kappa shape index (κ3) is 8.70. The number of rotatable bonds is 13. The number of pyridine rings is 1. The Labute approximate surface area is 227 Å². The van der Waals surface area contributed by atoms with Crippen LogP contribution in [0.2, 0.25) is 0 Å². The van der Waals surface area contributed by atoms with E-state index in [1.165, 1.54) is 47.6 Å². The predicted molar refractivity (Wildman–Crippen MR) is 139 cm³/mol. The van der Waals surface area contributed by atoms with Crippen molar-refractivity contribution in [3.05, 3.63) is 76.7 Å². The van der Waals surface area contributed by atoms with Gasteiger partial charge in [-0.2, -0.15) is 0 Å². The molecule has 0 bridgehead atoms. The van der Waals surface area contributed by atoms with E-state index in [0.29, 0.717) is 11.3 Å². The van der Waals surface area contributed by atoms with Gasteiger partial charge in [-0.1, -0.05) is 12.1 Å². The molecular formula is C25H29N7O8. The van der Waals surface area contributed by atoms with Gasteiger partial charge in [0, 0.05) is 49.7 Å². The molecule has 0 fully saturated rings. The SMILES string of the molecule is N[C@@H](Cn1ccc(=O)c(O)c1)C(=O)N[C@@H](Cc1cnc[nH]1)C(=O)NCC(=O)N[C@@H](Cc1ccc(O)cc1)C(=O)O. The molecular weight excluding hydrogens is 526 g/mol. The van der Waals surface area contributed by atoms with Crippen molar-refractivity contribution < 1.29 is 34.5 Å². The summed E-state index contributed by atoms with van der Waals surface area (Å²) in [6.45, 7) is -0.686. The molecule has 2 aromatic heterocycles. The van der Waals surface area contributed by atoms with E-state index in [0.717, 1.165) is 12.3 Å². The van der Waals surface area contributed by atoms with Gasteiger partial charge in [-0.15, -0.1) is 0 Å².